The smallest absolute Gasteiger partial charge is 0.0631 e. The minimum atomic E-state index is 0.738. The van der Waals surface area contributed by atoms with E-state index in [4.69, 9.17) is 11.6 Å². The summed E-state index contributed by atoms with van der Waals surface area (Å²) in [6.07, 6.45) is 1.83. The van der Waals surface area contributed by atoms with E-state index in [9.17, 15) is 0 Å². The Labute approximate surface area is 113 Å². The number of benzene rings is 2. The third kappa shape index (κ3) is 3.34. The van der Waals surface area contributed by atoms with E-state index in [1.807, 2.05) is 56.7 Å². The second-order valence-electron chi connectivity index (χ2n) is 4.22. The zero-order chi connectivity index (χ0) is 13.0. The van der Waals surface area contributed by atoms with Gasteiger partial charge in [-0.3, -0.25) is 4.99 Å². The summed E-state index contributed by atoms with van der Waals surface area (Å²) in [6.45, 7) is 0. The molecule has 92 valence electrons. The highest BCUT2D eigenvalue weighted by atomic mass is 35.5. The average molecular weight is 259 g/mol. The minimum Gasteiger partial charge on any atom is -0.378 e. The van der Waals surface area contributed by atoms with Crippen LogP contribution in [0.15, 0.2) is 53.5 Å². The average Bonchev–Trinajstić information content (AvgIpc) is 2.38. The fourth-order valence-electron chi connectivity index (χ4n) is 1.53. The van der Waals surface area contributed by atoms with Gasteiger partial charge < -0.3 is 4.90 Å². The number of aliphatic imine (C=N–C) groups is 1. The van der Waals surface area contributed by atoms with Gasteiger partial charge in [-0.1, -0.05) is 23.7 Å². The number of hydrogen-bond donors (Lipinski definition) is 0. The number of hydrogen-bond acceptors (Lipinski definition) is 2. The van der Waals surface area contributed by atoms with Crippen LogP contribution >= 0.6 is 11.6 Å². The summed E-state index contributed by atoms with van der Waals surface area (Å²) in [5.74, 6) is 0. The fourth-order valence-corrected chi connectivity index (χ4v) is 1.66. The molecule has 0 radical (unpaired) electrons. The Bertz CT molecular complexity index is 527. The van der Waals surface area contributed by atoms with E-state index in [-0.39, 0.29) is 0 Å². The van der Waals surface area contributed by atoms with Crippen molar-refractivity contribution in [3.8, 4) is 0 Å². The number of nitrogens with zero attached hydrogens (tertiary/aromatic N) is 2. The largest absolute Gasteiger partial charge is 0.378 e. The fraction of sp³-hybridized carbons (Fsp3) is 0.133. The van der Waals surface area contributed by atoms with Crippen LogP contribution in [-0.4, -0.2) is 20.3 Å². The molecule has 0 aliphatic rings. The number of halogens is 1. The van der Waals surface area contributed by atoms with Crippen LogP contribution in [0.1, 0.15) is 5.56 Å². The van der Waals surface area contributed by atoms with Crippen molar-refractivity contribution in [2.45, 2.75) is 0 Å². The van der Waals surface area contributed by atoms with Gasteiger partial charge in [0.25, 0.3) is 0 Å². The van der Waals surface area contributed by atoms with Crippen LogP contribution in [-0.2, 0) is 0 Å². The molecule has 0 saturated heterocycles. The zero-order valence-electron chi connectivity index (χ0n) is 10.5. The van der Waals surface area contributed by atoms with Gasteiger partial charge in [0.05, 0.1) is 5.69 Å². The van der Waals surface area contributed by atoms with Gasteiger partial charge >= 0.3 is 0 Å². The summed E-state index contributed by atoms with van der Waals surface area (Å²) >= 11 is 5.83. The Morgan fingerprint density at radius 2 is 1.56 bits per heavy atom. The van der Waals surface area contributed by atoms with Gasteiger partial charge in [-0.15, -0.1) is 0 Å². The second kappa shape index (κ2) is 5.69. The maximum atomic E-state index is 5.83. The lowest BCUT2D eigenvalue weighted by Gasteiger charge is -2.11. The standard InChI is InChI=1S/C15H15ClN2/c1-18(2)15-9-7-14(8-10-15)17-11-12-3-5-13(16)6-4-12/h3-11H,1-2H3. The molecule has 3 heteroatoms. The van der Waals surface area contributed by atoms with Gasteiger partial charge in [0.2, 0.25) is 0 Å². The summed E-state index contributed by atoms with van der Waals surface area (Å²) in [4.78, 5) is 6.48. The summed E-state index contributed by atoms with van der Waals surface area (Å²) < 4.78 is 0. The molecule has 0 heterocycles. The Hall–Kier alpha value is -1.80. The predicted molar refractivity (Wildman–Crippen MR) is 79.5 cm³/mol. The highest BCUT2D eigenvalue weighted by Crippen LogP contribution is 2.18. The van der Waals surface area contributed by atoms with E-state index < -0.39 is 0 Å². The van der Waals surface area contributed by atoms with E-state index in [1.54, 1.807) is 0 Å². The van der Waals surface area contributed by atoms with Crippen molar-refractivity contribution in [2.75, 3.05) is 19.0 Å². The molecule has 0 spiro atoms. The molecule has 0 bridgehead atoms. The topological polar surface area (TPSA) is 15.6 Å². The molecular formula is C15H15ClN2. The van der Waals surface area contributed by atoms with Crippen molar-refractivity contribution in [1.29, 1.82) is 0 Å². The molecule has 0 atom stereocenters. The van der Waals surface area contributed by atoms with Gasteiger partial charge in [-0.25, -0.2) is 0 Å². The molecule has 2 nitrogen and oxygen atoms in total. The lowest BCUT2D eigenvalue weighted by Crippen LogP contribution is -2.07. The summed E-state index contributed by atoms with van der Waals surface area (Å²) in [6, 6.07) is 15.7. The first-order chi connectivity index (χ1) is 8.65. The normalized spacial score (nSPS) is 10.8. The van der Waals surface area contributed by atoms with Gasteiger partial charge in [-0.05, 0) is 42.0 Å². The van der Waals surface area contributed by atoms with E-state index in [1.165, 1.54) is 5.69 Å². The summed E-state index contributed by atoms with van der Waals surface area (Å²) in [5.41, 5.74) is 3.15. The molecule has 0 aliphatic carbocycles. The highest BCUT2D eigenvalue weighted by molar-refractivity contribution is 6.30. The van der Waals surface area contributed by atoms with Crippen molar-refractivity contribution >= 4 is 29.2 Å². The molecular weight excluding hydrogens is 244 g/mol. The van der Waals surface area contributed by atoms with E-state index in [0.29, 0.717) is 0 Å². The van der Waals surface area contributed by atoms with Crippen LogP contribution in [0.3, 0.4) is 0 Å². The molecule has 18 heavy (non-hydrogen) atoms. The van der Waals surface area contributed by atoms with Crippen LogP contribution in [0.4, 0.5) is 11.4 Å². The molecule has 2 aromatic carbocycles. The SMILES string of the molecule is CN(C)c1ccc(N=Cc2ccc(Cl)cc2)cc1. The third-order valence-corrected chi connectivity index (χ3v) is 2.85. The number of rotatable bonds is 3. The first kappa shape index (κ1) is 12.7. The Balaban J connectivity index is 2.11. The van der Waals surface area contributed by atoms with Crippen molar-refractivity contribution < 1.29 is 0 Å². The lowest BCUT2D eigenvalue weighted by molar-refractivity contribution is 1.13. The quantitative estimate of drug-likeness (QED) is 0.755. The molecule has 2 rings (SSSR count). The van der Waals surface area contributed by atoms with Gasteiger partial charge in [-0.2, -0.15) is 0 Å². The van der Waals surface area contributed by atoms with Crippen LogP contribution in [0.25, 0.3) is 0 Å². The minimum absolute atomic E-state index is 0.738. The Morgan fingerprint density at radius 1 is 0.944 bits per heavy atom. The Morgan fingerprint density at radius 3 is 2.11 bits per heavy atom. The third-order valence-electron chi connectivity index (χ3n) is 2.60. The van der Waals surface area contributed by atoms with Gasteiger partial charge in [0.15, 0.2) is 0 Å². The van der Waals surface area contributed by atoms with Crippen molar-refractivity contribution in [3.63, 3.8) is 0 Å². The molecule has 0 unspecified atom stereocenters. The summed E-state index contributed by atoms with van der Waals surface area (Å²) in [5, 5.41) is 0.738. The van der Waals surface area contributed by atoms with Gasteiger partial charge in [0, 0.05) is 31.0 Å². The predicted octanol–water partition coefficient (Wildman–Crippen LogP) is 4.16. The lowest BCUT2D eigenvalue weighted by atomic mass is 10.2. The molecule has 0 N–H and O–H groups in total. The summed E-state index contributed by atoms with van der Waals surface area (Å²) in [7, 11) is 4.04. The molecule has 0 aliphatic heterocycles. The highest BCUT2D eigenvalue weighted by Gasteiger charge is 1.94. The first-order valence-corrected chi connectivity index (χ1v) is 6.10. The Kier molecular flexibility index (Phi) is 4.00. The molecule has 0 fully saturated rings. The van der Waals surface area contributed by atoms with Gasteiger partial charge in [0.1, 0.15) is 0 Å². The molecule has 2 aromatic rings. The number of anilines is 1. The van der Waals surface area contributed by atoms with Crippen LogP contribution < -0.4 is 4.90 Å². The first-order valence-electron chi connectivity index (χ1n) is 5.72. The zero-order valence-corrected chi connectivity index (χ0v) is 11.2. The van der Waals surface area contributed by atoms with Crippen molar-refractivity contribution in [3.05, 3.63) is 59.1 Å². The van der Waals surface area contributed by atoms with Crippen LogP contribution in [0.2, 0.25) is 5.02 Å². The van der Waals surface area contributed by atoms with E-state index in [2.05, 4.69) is 22.0 Å². The van der Waals surface area contributed by atoms with E-state index in [0.717, 1.165) is 16.3 Å². The van der Waals surface area contributed by atoms with Crippen LogP contribution in [0.5, 0.6) is 0 Å². The monoisotopic (exact) mass is 258 g/mol. The maximum Gasteiger partial charge on any atom is 0.0631 e. The molecule has 0 amide bonds. The van der Waals surface area contributed by atoms with E-state index >= 15 is 0 Å². The van der Waals surface area contributed by atoms with Crippen molar-refractivity contribution in [1.82, 2.24) is 0 Å². The second-order valence-corrected chi connectivity index (χ2v) is 4.66. The van der Waals surface area contributed by atoms with Crippen LogP contribution in [0, 0.1) is 0 Å². The maximum absolute atomic E-state index is 5.83. The molecule has 0 aromatic heterocycles. The molecule has 0 saturated carbocycles. The van der Waals surface area contributed by atoms with Crippen molar-refractivity contribution in [2.24, 2.45) is 4.99 Å².